The summed E-state index contributed by atoms with van der Waals surface area (Å²) in [6.45, 7) is 14.5. The van der Waals surface area contributed by atoms with E-state index in [1.54, 1.807) is 0 Å². The average molecular weight is 396 g/mol. The van der Waals surface area contributed by atoms with Gasteiger partial charge in [0, 0.05) is 42.4 Å². The number of nitrogens with zero attached hydrogens (tertiary/aromatic N) is 2. The van der Waals surface area contributed by atoms with Gasteiger partial charge in [-0.25, -0.2) is 0 Å². The number of likely N-dealkylation sites (tertiary alicyclic amines) is 1. The molecule has 1 aliphatic heterocycles. The Morgan fingerprint density at radius 2 is 1.92 bits per heavy atom. The minimum Gasteiger partial charge on any atom is -0.346 e. The van der Waals surface area contributed by atoms with Crippen LogP contribution in [0.15, 0.2) is 18.2 Å². The summed E-state index contributed by atoms with van der Waals surface area (Å²) in [6.07, 6.45) is 3.50. The lowest BCUT2D eigenvalue weighted by Crippen LogP contribution is -2.50. The van der Waals surface area contributed by atoms with Gasteiger partial charge in [-0.15, -0.1) is 0 Å². The monoisotopic (exact) mass is 395 g/mol. The molecule has 0 bridgehead atoms. The van der Waals surface area contributed by atoms with Gasteiger partial charge in [0.15, 0.2) is 5.11 Å². The molecule has 1 fully saturated rings. The maximum atomic E-state index is 6.17. The topological polar surface area (TPSA) is 18.5 Å². The van der Waals surface area contributed by atoms with E-state index in [4.69, 9.17) is 23.8 Å². The molecule has 5 heteroatoms. The van der Waals surface area contributed by atoms with Crippen molar-refractivity contribution in [3.63, 3.8) is 0 Å². The fourth-order valence-corrected chi connectivity index (χ4v) is 4.00. The predicted molar refractivity (Wildman–Crippen MR) is 118 cm³/mol. The predicted octanol–water partition coefficient (Wildman–Crippen LogP) is 5.57. The number of hydrogen-bond acceptors (Lipinski definition) is 2. The van der Waals surface area contributed by atoms with Gasteiger partial charge in [0.05, 0.1) is 0 Å². The molecule has 3 nitrogen and oxygen atoms in total. The second-order valence-corrected chi connectivity index (χ2v) is 8.95. The Bertz CT molecular complexity index is 595. The highest BCUT2D eigenvalue weighted by Gasteiger charge is 2.27. The van der Waals surface area contributed by atoms with Crippen molar-refractivity contribution in [3.8, 4) is 0 Å². The smallest absolute Gasteiger partial charge is 0.173 e. The molecule has 0 atom stereocenters. The second-order valence-electron chi connectivity index (χ2n) is 8.13. The Morgan fingerprint density at radius 1 is 1.27 bits per heavy atom. The van der Waals surface area contributed by atoms with Gasteiger partial charge in [-0.2, -0.15) is 0 Å². The SMILES string of the molecule is Cc1ccc(Cl)cc1NC(=S)N(CCC(C)C)C1CCN(C(C)C)CC1. The molecule has 0 aliphatic carbocycles. The third kappa shape index (κ3) is 6.11. The number of benzene rings is 1. The molecule has 1 aromatic carbocycles. The summed E-state index contributed by atoms with van der Waals surface area (Å²) in [5, 5.41) is 5.03. The van der Waals surface area contributed by atoms with Crippen LogP contribution in [0.3, 0.4) is 0 Å². The lowest BCUT2D eigenvalue weighted by Gasteiger charge is -2.41. The van der Waals surface area contributed by atoms with Gasteiger partial charge in [0.2, 0.25) is 0 Å². The van der Waals surface area contributed by atoms with Crippen LogP contribution in [0, 0.1) is 12.8 Å². The van der Waals surface area contributed by atoms with Gasteiger partial charge in [0.1, 0.15) is 0 Å². The van der Waals surface area contributed by atoms with Crippen molar-refractivity contribution in [2.24, 2.45) is 5.92 Å². The van der Waals surface area contributed by atoms with E-state index in [2.05, 4.69) is 49.7 Å². The number of hydrogen-bond donors (Lipinski definition) is 1. The van der Waals surface area contributed by atoms with Crippen LogP contribution in [0.25, 0.3) is 0 Å². The van der Waals surface area contributed by atoms with Gasteiger partial charge in [0.25, 0.3) is 0 Å². The van der Waals surface area contributed by atoms with Crippen LogP contribution < -0.4 is 5.32 Å². The van der Waals surface area contributed by atoms with Crippen LogP contribution in [-0.2, 0) is 0 Å². The standard InChI is InChI=1S/C21H34ClN3S/c1-15(2)8-13-25(19-9-11-24(12-10-19)16(3)4)21(26)23-20-14-18(22)7-6-17(20)5/h6-7,14-16,19H,8-13H2,1-5H3,(H,23,26). The highest BCUT2D eigenvalue weighted by molar-refractivity contribution is 7.80. The number of halogens is 1. The molecule has 0 radical (unpaired) electrons. The van der Waals surface area contributed by atoms with Crippen molar-refractivity contribution in [3.05, 3.63) is 28.8 Å². The first-order valence-electron chi connectivity index (χ1n) is 9.85. The number of nitrogens with one attached hydrogen (secondary N) is 1. The molecule has 0 unspecified atom stereocenters. The van der Waals surface area contributed by atoms with Gasteiger partial charge >= 0.3 is 0 Å². The van der Waals surface area contributed by atoms with Crippen molar-refractivity contribution >= 4 is 34.6 Å². The zero-order valence-corrected chi connectivity index (χ0v) is 18.5. The summed E-state index contributed by atoms with van der Waals surface area (Å²) < 4.78 is 0. The van der Waals surface area contributed by atoms with E-state index in [9.17, 15) is 0 Å². The van der Waals surface area contributed by atoms with Gasteiger partial charge in [-0.1, -0.05) is 31.5 Å². The zero-order valence-electron chi connectivity index (χ0n) is 16.9. The van der Waals surface area contributed by atoms with Gasteiger partial charge in [-0.05, 0) is 75.9 Å². The Labute approximate surface area is 170 Å². The van der Waals surface area contributed by atoms with E-state index >= 15 is 0 Å². The molecule has 0 aromatic heterocycles. The maximum Gasteiger partial charge on any atom is 0.173 e. The fourth-order valence-electron chi connectivity index (χ4n) is 3.48. The third-order valence-corrected chi connectivity index (χ3v) is 5.89. The molecule has 0 amide bonds. The molecule has 2 rings (SSSR count). The molecule has 146 valence electrons. The normalized spacial score (nSPS) is 16.3. The minimum absolute atomic E-state index is 0.517. The molecule has 1 aromatic rings. The Balaban J connectivity index is 2.08. The van der Waals surface area contributed by atoms with Crippen molar-refractivity contribution in [2.45, 2.75) is 66.0 Å². The molecule has 0 saturated carbocycles. The van der Waals surface area contributed by atoms with E-state index in [1.165, 1.54) is 12.8 Å². The molecular weight excluding hydrogens is 362 g/mol. The van der Waals surface area contributed by atoms with Crippen molar-refractivity contribution < 1.29 is 0 Å². The lowest BCUT2D eigenvalue weighted by atomic mass is 10.0. The first kappa shape index (κ1) is 21.5. The highest BCUT2D eigenvalue weighted by Crippen LogP contribution is 2.24. The van der Waals surface area contributed by atoms with Crippen LogP contribution in [0.1, 0.15) is 52.5 Å². The average Bonchev–Trinajstić information content (AvgIpc) is 2.58. The Morgan fingerprint density at radius 3 is 2.50 bits per heavy atom. The molecular formula is C21H34ClN3S. The summed E-state index contributed by atoms with van der Waals surface area (Å²) in [7, 11) is 0. The van der Waals surface area contributed by atoms with Crippen LogP contribution in [0.2, 0.25) is 5.02 Å². The largest absolute Gasteiger partial charge is 0.346 e. The first-order chi connectivity index (χ1) is 12.3. The summed E-state index contributed by atoms with van der Waals surface area (Å²) in [4.78, 5) is 4.99. The van der Waals surface area contributed by atoms with Crippen molar-refractivity contribution in [2.75, 3.05) is 25.0 Å². The van der Waals surface area contributed by atoms with E-state index in [1.807, 2.05) is 18.2 Å². The molecule has 0 spiro atoms. The van der Waals surface area contributed by atoms with Gasteiger partial charge < -0.3 is 15.1 Å². The number of rotatable bonds is 6. The van der Waals surface area contributed by atoms with Crippen molar-refractivity contribution in [1.29, 1.82) is 0 Å². The summed E-state index contributed by atoms with van der Waals surface area (Å²) in [5.74, 6) is 0.670. The van der Waals surface area contributed by atoms with E-state index in [-0.39, 0.29) is 0 Å². The first-order valence-corrected chi connectivity index (χ1v) is 10.6. The summed E-state index contributed by atoms with van der Waals surface area (Å²) in [6, 6.07) is 7.06. The van der Waals surface area contributed by atoms with Crippen LogP contribution >= 0.6 is 23.8 Å². The number of thiocarbonyl (C=S) groups is 1. The van der Waals surface area contributed by atoms with E-state index < -0.39 is 0 Å². The van der Waals surface area contributed by atoms with E-state index in [0.717, 1.165) is 47.4 Å². The maximum absolute atomic E-state index is 6.17. The Kier molecular flexibility index (Phi) is 8.18. The third-order valence-electron chi connectivity index (χ3n) is 5.32. The molecule has 1 saturated heterocycles. The number of piperidine rings is 1. The molecule has 1 aliphatic rings. The van der Waals surface area contributed by atoms with Crippen molar-refractivity contribution in [1.82, 2.24) is 9.80 Å². The Hall–Kier alpha value is -0.840. The minimum atomic E-state index is 0.517. The zero-order chi connectivity index (χ0) is 19.3. The van der Waals surface area contributed by atoms with Crippen LogP contribution in [-0.4, -0.2) is 46.6 Å². The number of anilines is 1. The summed E-state index contributed by atoms with van der Waals surface area (Å²) >= 11 is 12.0. The van der Waals surface area contributed by atoms with Crippen LogP contribution in [0.5, 0.6) is 0 Å². The molecule has 1 N–H and O–H groups in total. The quantitative estimate of drug-likeness (QED) is 0.634. The second kappa shape index (κ2) is 9.91. The fraction of sp³-hybridized carbons (Fsp3) is 0.667. The van der Waals surface area contributed by atoms with E-state index in [0.29, 0.717) is 18.0 Å². The number of aryl methyl sites for hydroxylation is 1. The summed E-state index contributed by atoms with van der Waals surface area (Å²) in [5.41, 5.74) is 2.17. The van der Waals surface area contributed by atoms with Gasteiger partial charge in [-0.3, -0.25) is 0 Å². The lowest BCUT2D eigenvalue weighted by molar-refractivity contribution is 0.126. The molecule has 1 heterocycles. The van der Waals surface area contributed by atoms with Crippen LogP contribution in [0.4, 0.5) is 5.69 Å². The highest BCUT2D eigenvalue weighted by atomic mass is 35.5. The molecule has 26 heavy (non-hydrogen) atoms.